The number of para-hydroxylation sites is 1. The van der Waals surface area contributed by atoms with E-state index in [1.807, 2.05) is 41.8 Å². The molecule has 7 nitrogen and oxygen atoms in total. The molecule has 140 valence electrons. The summed E-state index contributed by atoms with van der Waals surface area (Å²) in [4.78, 5) is 33.0. The monoisotopic (exact) mass is 367 g/mol. The number of hydrogen-bond acceptors (Lipinski definition) is 5. The van der Waals surface area contributed by atoms with Crippen LogP contribution in [0.1, 0.15) is 23.7 Å². The Morgan fingerprint density at radius 2 is 1.85 bits per heavy atom. The lowest BCUT2D eigenvalue weighted by Crippen LogP contribution is -2.33. The van der Waals surface area contributed by atoms with E-state index in [0.29, 0.717) is 17.7 Å². The Morgan fingerprint density at radius 1 is 1.11 bits per heavy atom. The fourth-order valence-corrected chi connectivity index (χ4v) is 3.15. The molecule has 3 rings (SSSR count). The lowest BCUT2D eigenvalue weighted by Gasteiger charge is -2.10. The average Bonchev–Trinajstić information content (AvgIpc) is 2.93. The normalized spacial score (nSPS) is 10.6. The third-order valence-corrected chi connectivity index (χ3v) is 4.37. The zero-order chi connectivity index (χ0) is 19.4. The Bertz CT molecular complexity index is 980. The van der Waals surface area contributed by atoms with Crippen LogP contribution < -0.4 is 16.2 Å². The van der Waals surface area contributed by atoms with Crippen LogP contribution in [0.15, 0.2) is 48.5 Å². The first-order chi connectivity index (χ1) is 13.0. The first-order valence-electron chi connectivity index (χ1n) is 8.50. The van der Waals surface area contributed by atoms with E-state index in [1.165, 1.54) is 6.92 Å². The molecule has 27 heavy (non-hydrogen) atoms. The highest BCUT2D eigenvalue weighted by Gasteiger charge is 2.20. The van der Waals surface area contributed by atoms with Gasteiger partial charge >= 0.3 is 5.97 Å². The van der Waals surface area contributed by atoms with E-state index in [-0.39, 0.29) is 12.5 Å². The summed E-state index contributed by atoms with van der Waals surface area (Å²) in [6, 6.07) is 15.5. The van der Waals surface area contributed by atoms with Crippen LogP contribution >= 0.6 is 0 Å². The quantitative estimate of drug-likeness (QED) is 0.302. The highest BCUT2D eigenvalue weighted by molar-refractivity contribution is 5.92. The van der Waals surface area contributed by atoms with Gasteiger partial charge in [-0.1, -0.05) is 42.5 Å². The van der Waals surface area contributed by atoms with Gasteiger partial charge < -0.3 is 4.57 Å². The Labute approximate surface area is 156 Å². The van der Waals surface area contributed by atoms with Crippen LogP contribution in [0.4, 0.5) is 0 Å². The van der Waals surface area contributed by atoms with E-state index in [9.17, 15) is 9.59 Å². The van der Waals surface area contributed by atoms with Crippen molar-refractivity contribution in [2.75, 3.05) is 0 Å². The van der Waals surface area contributed by atoms with Crippen molar-refractivity contribution in [3.8, 4) is 5.75 Å². The summed E-state index contributed by atoms with van der Waals surface area (Å²) < 4.78 is 1.81. The maximum atomic E-state index is 11.9. The number of nitrogens with zero attached hydrogens (tertiary/aromatic N) is 1. The maximum absolute atomic E-state index is 11.9. The van der Waals surface area contributed by atoms with Gasteiger partial charge in [0.25, 0.3) is 5.91 Å². The molecular weight excluding hydrogens is 346 g/mol. The minimum atomic E-state index is -0.564. The summed E-state index contributed by atoms with van der Waals surface area (Å²) in [6.07, 6.45) is 0.692. The van der Waals surface area contributed by atoms with Crippen molar-refractivity contribution in [1.82, 2.24) is 9.99 Å². The molecule has 3 aromatic rings. The van der Waals surface area contributed by atoms with Crippen LogP contribution in [0.25, 0.3) is 10.9 Å². The number of benzene rings is 2. The number of hydrogen-bond donors (Lipinski definition) is 2. The summed E-state index contributed by atoms with van der Waals surface area (Å²) in [5.74, 6) is 4.72. The molecule has 0 aliphatic carbocycles. The molecule has 0 aliphatic heterocycles. The van der Waals surface area contributed by atoms with E-state index in [2.05, 4.69) is 17.6 Å². The average molecular weight is 367 g/mol. The van der Waals surface area contributed by atoms with Crippen LogP contribution in [0.5, 0.6) is 5.75 Å². The molecule has 0 saturated carbocycles. The number of aromatic nitrogens is 1. The van der Waals surface area contributed by atoms with E-state index < -0.39 is 5.97 Å². The fraction of sp³-hybridized carbons (Fsp3) is 0.200. The van der Waals surface area contributed by atoms with Gasteiger partial charge in [0.15, 0.2) is 0 Å². The number of nitrogens with one attached hydrogen (secondary N) is 1. The topological polar surface area (TPSA) is 95.6 Å². The lowest BCUT2D eigenvalue weighted by molar-refractivity contribution is -0.210. The second kappa shape index (κ2) is 7.92. The van der Waals surface area contributed by atoms with Gasteiger partial charge in [0, 0.05) is 18.0 Å². The third kappa shape index (κ3) is 3.93. The van der Waals surface area contributed by atoms with Crippen molar-refractivity contribution in [2.24, 2.45) is 5.84 Å². The van der Waals surface area contributed by atoms with Crippen LogP contribution in [-0.4, -0.2) is 16.4 Å². The zero-order valence-corrected chi connectivity index (χ0v) is 15.2. The van der Waals surface area contributed by atoms with E-state index in [0.717, 1.165) is 22.2 Å². The van der Waals surface area contributed by atoms with Crippen LogP contribution in [0, 0.1) is 6.92 Å². The van der Waals surface area contributed by atoms with E-state index in [1.54, 1.807) is 6.07 Å². The van der Waals surface area contributed by atoms with Crippen LogP contribution in [0.3, 0.4) is 0 Å². The predicted molar refractivity (Wildman–Crippen MR) is 101 cm³/mol. The molecule has 3 N–H and O–H groups in total. The molecule has 1 heterocycles. The van der Waals surface area contributed by atoms with Gasteiger partial charge in [-0.2, -0.15) is 0 Å². The predicted octanol–water partition coefficient (Wildman–Crippen LogP) is 2.39. The summed E-state index contributed by atoms with van der Waals surface area (Å²) >= 11 is 0. The molecule has 0 atom stereocenters. The SMILES string of the molecule is CC(=O)OOc1cccc2c(Cc3ccccc3)c(C)n(CC(=O)NN)c12. The highest BCUT2D eigenvalue weighted by Crippen LogP contribution is 2.34. The second-order valence-electron chi connectivity index (χ2n) is 6.19. The maximum Gasteiger partial charge on any atom is 0.352 e. The summed E-state index contributed by atoms with van der Waals surface area (Å²) in [5.41, 5.74) is 5.94. The number of carbonyl (C=O) groups is 2. The fourth-order valence-electron chi connectivity index (χ4n) is 3.15. The second-order valence-corrected chi connectivity index (χ2v) is 6.19. The van der Waals surface area contributed by atoms with Crippen LogP contribution in [0.2, 0.25) is 0 Å². The largest absolute Gasteiger partial charge is 0.352 e. The number of hydrazine groups is 1. The smallest absolute Gasteiger partial charge is 0.332 e. The molecule has 0 fully saturated rings. The first-order valence-corrected chi connectivity index (χ1v) is 8.50. The zero-order valence-electron chi connectivity index (χ0n) is 15.2. The van der Waals surface area contributed by atoms with Crippen LogP contribution in [-0.2, 0) is 27.4 Å². The number of nitrogens with two attached hydrogens (primary N) is 1. The van der Waals surface area contributed by atoms with Gasteiger partial charge in [-0.05, 0) is 30.5 Å². The third-order valence-electron chi connectivity index (χ3n) is 4.37. The number of amides is 1. The van der Waals surface area contributed by atoms with Gasteiger partial charge in [0.2, 0.25) is 5.75 Å². The molecule has 1 aromatic heterocycles. The Hall–Kier alpha value is -3.32. The van der Waals surface area contributed by atoms with Gasteiger partial charge in [-0.3, -0.25) is 20.0 Å². The number of fused-ring (bicyclic) bond motifs is 1. The molecule has 0 aliphatic rings. The van der Waals surface area contributed by atoms with Gasteiger partial charge in [-0.25, -0.2) is 10.6 Å². The molecular formula is C20H21N3O4. The Balaban J connectivity index is 2.14. The van der Waals surface area contributed by atoms with Gasteiger partial charge in [0.1, 0.15) is 6.54 Å². The number of rotatable bonds is 6. The summed E-state index contributed by atoms with van der Waals surface area (Å²) in [7, 11) is 0. The lowest BCUT2D eigenvalue weighted by atomic mass is 10.0. The van der Waals surface area contributed by atoms with Crippen molar-refractivity contribution in [2.45, 2.75) is 26.8 Å². The molecule has 0 radical (unpaired) electrons. The minimum absolute atomic E-state index is 0.0219. The Morgan fingerprint density at radius 3 is 2.52 bits per heavy atom. The first kappa shape index (κ1) is 18.5. The van der Waals surface area contributed by atoms with Crippen molar-refractivity contribution in [3.63, 3.8) is 0 Å². The highest BCUT2D eigenvalue weighted by atomic mass is 17.2. The van der Waals surface area contributed by atoms with Crippen molar-refractivity contribution < 1.29 is 19.4 Å². The Kier molecular flexibility index (Phi) is 5.42. The van der Waals surface area contributed by atoms with Crippen molar-refractivity contribution in [1.29, 1.82) is 0 Å². The molecule has 1 amide bonds. The van der Waals surface area contributed by atoms with Gasteiger partial charge in [-0.15, -0.1) is 0 Å². The summed E-state index contributed by atoms with van der Waals surface area (Å²) in [6.45, 7) is 3.22. The molecule has 2 aromatic carbocycles. The van der Waals surface area contributed by atoms with Crippen molar-refractivity contribution in [3.05, 3.63) is 65.4 Å². The van der Waals surface area contributed by atoms with Gasteiger partial charge in [0.05, 0.1) is 5.52 Å². The molecule has 0 spiro atoms. The molecule has 7 heteroatoms. The van der Waals surface area contributed by atoms with E-state index >= 15 is 0 Å². The molecule has 0 saturated heterocycles. The number of carbonyl (C=O) groups excluding carboxylic acids is 2. The van der Waals surface area contributed by atoms with E-state index in [4.69, 9.17) is 15.6 Å². The summed E-state index contributed by atoms with van der Waals surface area (Å²) in [5, 5.41) is 0.922. The molecule has 0 unspecified atom stereocenters. The van der Waals surface area contributed by atoms with Crippen molar-refractivity contribution >= 4 is 22.8 Å². The minimum Gasteiger partial charge on any atom is -0.332 e. The molecule has 0 bridgehead atoms. The standard InChI is InChI=1S/C20H21N3O4/c1-13-17(11-15-7-4-3-5-8-15)16-9-6-10-18(27-26-14(2)24)20(16)23(13)12-19(25)22-21/h3-10H,11-12,21H2,1-2H3,(H,22,25).